The number of nitrogens with zero attached hydrogens (tertiary/aromatic N) is 2. The van der Waals surface area contributed by atoms with Gasteiger partial charge >= 0.3 is 0 Å². The maximum absolute atomic E-state index is 8.76. The van der Waals surface area contributed by atoms with Crippen LogP contribution in [0.1, 0.15) is 12.0 Å². The fourth-order valence-corrected chi connectivity index (χ4v) is 3.02. The number of anilines is 1. The lowest BCUT2D eigenvalue weighted by molar-refractivity contribution is -0.102. The fourth-order valence-electron chi connectivity index (χ4n) is 3.02. The first-order valence-corrected chi connectivity index (χ1v) is 7.66. The summed E-state index contributed by atoms with van der Waals surface area (Å²) in [6, 6.07) is 9.75. The van der Waals surface area contributed by atoms with Crippen LogP contribution in [0.15, 0.2) is 24.3 Å². The van der Waals surface area contributed by atoms with Crippen LogP contribution in [0.2, 0.25) is 0 Å². The molecular weight excluding hydrogens is 264 g/mol. The first kappa shape index (κ1) is 14.3. The summed E-state index contributed by atoms with van der Waals surface area (Å²) in [6.07, 6.45) is 1.85. The van der Waals surface area contributed by atoms with E-state index in [1.165, 1.54) is 0 Å². The molecule has 2 heterocycles. The third-order valence-corrected chi connectivity index (χ3v) is 4.05. The minimum Gasteiger partial charge on any atom is -0.385 e. The van der Waals surface area contributed by atoms with Crippen molar-refractivity contribution in [2.45, 2.75) is 18.6 Å². The van der Waals surface area contributed by atoms with E-state index in [9.17, 15) is 0 Å². The number of hydrogen-bond donors (Lipinski definition) is 2. The van der Waals surface area contributed by atoms with E-state index in [-0.39, 0.29) is 0 Å². The van der Waals surface area contributed by atoms with Crippen LogP contribution in [-0.4, -0.2) is 56.4 Å². The highest BCUT2D eigenvalue weighted by Gasteiger charge is 2.30. The van der Waals surface area contributed by atoms with Crippen molar-refractivity contribution >= 4 is 5.69 Å². The van der Waals surface area contributed by atoms with E-state index in [0.29, 0.717) is 17.8 Å². The maximum atomic E-state index is 8.76. The van der Waals surface area contributed by atoms with E-state index in [2.05, 4.69) is 21.6 Å². The zero-order valence-corrected chi connectivity index (χ0v) is 12.2. The molecule has 0 aromatic heterocycles. The number of morpholine rings is 2. The summed E-state index contributed by atoms with van der Waals surface area (Å²) in [4.78, 5) is 2.51. The first-order valence-electron chi connectivity index (χ1n) is 7.66. The van der Waals surface area contributed by atoms with Crippen LogP contribution in [-0.2, 0) is 4.74 Å². The number of benzene rings is 1. The van der Waals surface area contributed by atoms with E-state index in [1.54, 1.807) is 0 Å². The molecule has 2 atom stereocenters. The summed E-state index contributed by atoms with van der Waals surface area (Å²) >= 11 is 0. The molecule has 2 N–H and O–H groups in total. The SMILES string of the molecule is N#Cc1ccc(NCCCN2CC3CNCC(C2)O3)cc1. The van der Waals surface area contributed by atoms with E-state index in [1.807, 2.05) is 24.3 Å². The highest BCUT2D eigenvalue weighted by Crippen LogP contribution is 2.14. The van der Waals surface area contributed by atoms with Crippen molar-refractivity contribution in [1.29, 1.82) is 5.26 Å². The monoisotopic (exact) mass is 286 g/mol. The molecule has 0 amide bonds. The largest absolute Gasteiger partial charge is 0.385 e. The Kier molecular flexibility index (Phi) is 4.71. The predicted octanol–water partition coefficient (Wildman–Crippen LogP) is 1.03. The molecule has 3 rings (SSSR count). The van der Waals surface area contributed by atoms with Crippen molar-refractivity contribution in [3.63, 3.8) is 0 Å². The van der Waals surface area contributed by atoms with Gasteiger partial charge in [-0.15, -0.1) is 0 Å². The third kappa shape index (κ3) is 3.94. The minimum atomic E-state index is 0.365. The number of nitriles is 1. The molecule has 2 bridgehead atoms. The molecule has 112 valence electrons. The van der Waals surface area contributed by atoms with Gasteiger partial charge in [-0.2, -0.15) is 5.26 Å². The van der Waals surface area contributed by atoms with Gasteiger partial charge in [-0.05, 0) is 30.7 Å². The van der Waals surface area contributed by atoms with Gasteiger partial charge in [0, 0.05) is 45.0 Å². The van der Waals surface area contributed by atoms with Crippen LogP contribution >= 0.6 is 0 Å². The molecule has 1 aromatic rings. The predicted molar refractivity (Wildman–Crippen MR) is 82.2 cm³/mol. The minimum absolute atomic E-state index is 0.365. The Morgan fingerprint density at radius 1 is 1.24 bits per heavy atom. The highest BCUT2D eigenvalue weighted by molar-refractivity contribution is 5.46. The van der Waals surface area contributed by atoms with Crippen molar-refractivity contribution in [3.8, 4) is 6.07 Å². The quantitative estimate of drug-likeness (QED) is 0.792. The highest BCUT2D eigenvalue weighted by atomic mass is 16.5. The number of hydrogen-bond acceptors (Lipinski definition) is 5. The summed E-state index contributed by atoms with van der Waals surface area (Å²) in [5, 5.41) is 15.6. The van der Waals surface area contributed by atoms with Crippen molar-refractivity contribution in [2.24, 2.45) is 0 Å². The van der Waals surface area contributed by atoms with Gasteiger partial charge in [-0.1, -0.05) is 0 Å². The fraction of sp³-hybridized carbons (Fsp3) is 0.562. The zero-order chi connectivity index (χ0) is 14.5. The van der Waals surface area contributed by atoms with Gasteiger partial charge in [0.15, 0.2) is 0 Å². The Morgan fingerprint density at radius 3 is 2.62 bits per heavy atom. The van der Waals surface area contributed by atoms with Crippen LogP contribution in [0.3, 0.4) is 0 Å². The van der Waals surface area contributed by atoms with Crippen LogP contribution in [0, 0.1) is 11.3 Å². The second-order valence-electron chi connectivity index (χ2n) is 5.77. The second kappa shape index (κ2) is 6.90. The second-order valence-corrected chi connectivity index (χ2v) is 5.77. The molecule has 5 heteroatoms. The Morgan fingerprint density at radius 2 is 1.95 bits per heavy atom. The van der Waals surface area contributed by atoms with Crippen molar-refractivity contribution in [3.05, 3.63) is 29.8 Å². The Bertz CT molecular complexity index is 484. The Hall–Kier alpha value is -1.61. The summed E-state index contributed by atoms with van der Waals surface area (Å²) in [6.45, 7) is 6.12. The molecule has 2 aliphatic rings. The molecule has 1 aromatic carbocycles. The van der Waals surface area contributed by atoms with Gasteiger partial charge in [0.05, 0.1) is 23.8 Å². The molecule has 2 fully saturated rings. The average molecular weight is 286 g/mol. The third-order valence-electron chi connectivity index (χ3n) is 4.05. The molecule has 0 aliphatic carbocycles. The standard InChI is InChI=1S/C16H22N4O/c17-8-13-2-4-14(5-3-13)19-6-1-7-20-11-15-9-18-10-16(12-20)21-15/h2-5,15-16,18-19H,1,6-7,9-12H2. The Labute approximate surface area is 125 Å². The summed E-state index contributed by atoms with van der Waals surface area (Å²) in [5.74, 6) is 0. The number of rotatable bonds is 5. The first-order chi connectivity index (χ1) is 10.3. The van der Waals surface area contributed by atoms with Crippen molar-refractivity contribution in [1.82, 2.24) is 10.2 Å². The molecular formula is C16H22N4O. The molecule has 2 aliphatic heterocycles. The summed E-state index contributed by atoms with van der Waals surface area (Å²) in [7, 11) is 0. The molecule has 2 unspecified atom stereocenters. The molecule has 0 radical (unpaired) electrons. The number of nitrogens with one attached hydrogen (secondary N) is 2. The van der Waals surface area contributed by atoms with Crippen LogP contribution in [0.25, 0.3) is 0 Å². The normalized spacial score (nSPS) is 25.3. The lowest BCUT2D eigenvalue weighted by Crippen LogP contribution is -2.58. The molecule has 21 heavy (non-hydrogen) atoms. The lowest BCUT2D eigenvalue weighted by atomic mass is 10.1. The van der Waals surface area contributed by atoms with Crippen LogP contribution in [0.5, 0.6) is 0 Å². The smallest absolute Gasteiger partial charge is 0.0991 e. The van der Waals surface area contributed by atoms with E-state index in [0.717, 1.165) is 51.4 Å². The number of ether oxygens (including phenoxy) is 1. The van der Waals surface area contributed by atoms with Gasteiger partial charge in [0.1, 0.15) is 0 Å². The Balaban J connectivity index is 1.37. The van der Waals surface area contributed by atoms with Gasteiger partial charge < -0.3 is 15.4 Å². The van der Waals surface area contributed by atoms with Gasteiger partial charge in [-0.3, -0.25) is 4.90 Å². The van der Waals surface area contributed by atoms with Gasteiger partial charge in [-0.25, -0.2) is 0 Å². The van der Waals surface area contributed by atoms with E-state index in [4.69, 9.17) is 10.00 Å². The van der Waals surface area contributed by atoms with Crippen molar-refractivity contribution < 1.29 is 4.74 Å². The van der Waals surface area contributed by atoms with Crippen LogP contribution in [0.4, 0.5) is 5.69 Å². The molecule has 2 saturated heterocycles. The topological polar surface area (TPSA) is 60.3 Å². The molecule has 0 saturated carbocycles. The van der Waals surface area contributed by atoms with Gasteiger partial charge in [0.25, 0.3) is 0 Å². The van der Waals surface area contributed by atoms with Crippen molar-refractivity contribution in [2.75, 3.05) is 44.6 Å². The van der Waals surface area contributed by atoms with E-state index >= 15 is 0 Å². The molecule has 0 spiro atoms. The zero-order valence-electron chi connectivity index (χ0n) is 12.2. The summed E-state index contributed by atoms with van der Waals surface area (Å²) < 4.78 is 5.90. The lowest BCUT2D eigenvalue weighted by Gasteiger charge is -2.41. The van der Waals surface area contributed by atoms with E-state index < -0.39 is 0 Å². The van der Waals surface area contributed by atoms with Gasteiger partial charge in [0.2, 0.25) is 0 Å². The maximum Gasteiger partial charge on any atom is 0.0991 e. The number of fused-ring (bicyclic) bond motifs is 2. The van der Waals surface area contributed by atoms with Crippen LogP contribution < -0.4 is 10.6 Å². The molecule has 5 nitrogen and oxygen atoms in total. The summed E-state index contributed by atoms with van der Waals surface area (Å²) in [5.41, 5.74) is 1.78. The average Bonchev–Trinajstić information content (AvgIpc) is 2.52.